The second-order valence-electron chi connectivity index (χ2n) is 4.64. The summed E-state index contributed by atoms with van der Waals surface area (Å²) in [6.07, 6.45) is 0.814. The van der Waals surface area contributed by atoms with Crippen molar-refractivity contribution >= 4 is 11.8 Å². The van der Waals surface area contributed by atoms with Crippen LogP contribution in [-0.4, -0.2) is 18.4 Å². The van der Waals surface area contributed by atoms with Gasteiger partial charge in [0.25, 0.3) is 0 Å². The highest BCUT2D eigenvalue weighted by atomic mass is 16.5. The maximum absolute atomic E-state index is 12.5. The van der Waals surface area contributed by atoms with Crippen LogP contribution >= 0.6 is 0 Å². The summed E-state index contributed by atoms with van der Waals surface area (Å²) in [4.78, 5) is 24.6. The number of hydrogen-bond acceptors (Lipinski definition) is 4. The van der Waals surface area contributed by atoms with E-state index in [-0.39, 0.29) is 18.0 Å². The van der Waals surface area contributed by atoms with Gasteiger partial charge in [-0.2, -0.15) is 5.26 Å². The SMILES string of the molecule is N#CCCCOC(=O)c1ccccc1C(=O)c1ccccc1. The van der Waals surface area contributed by atoms with Gasteiger partial charge in [-0.05, 0) is 12.5 Å². The van der Waals surface area contributed by atoms with Crippen molar-refractivity contribution in [1.82, 2.24) is 0 Å². The second-order valence-corrected chi connectivity index (χ2v) is 4.64. The average Bonchev–Trinajstić information content (AvgIpc) is 2.58. The Bertz CT molecular complexity index is 702. The molecule has 0 saturated heterocycles. The van der Waals surface area contributed by atoms with Crippen LogP contribution in [0.2, 0.25) is 0 Å². The third-order valence-electron chi connectivity index (χ3n) is 3.09. The first-order valence-electron chi connectivity index (χ1n) is 6.97. The van der Waals surface area contributed by atoms with Crippen LogP contribution in [0.15, 0.2) is 54.6 Å². The first kappa shape index (κ1) is 15.5. The van der Waals surface area contributed by atoms with Gasteiger partial charge in [0.2, 0.25) is 0 Å². The number of benzene rings is 2. The van der Waals surface area contributed by atoms with Crippen LogP contribution in [-0.2, 0) is 4.74 Å². The van der Waals surface area contributed by atoms with Gasteiger partial charge >= 0.3 is 5.97 Å². The fourth-order valence-electron chi connectivity index (χ4n) is 2.00. The molecule has 2 aromatic carbocycles. The van der Waals surface area contributed by atoms with E-state index in [0.717, 1.165) is 0 Å². The summed E-state index contributed by atoms with van der Waals surface area (Å²) < 4.78 is 5.11. The number of nitriles is 1. The Labute approximate surface area is 129 Å². The average molecular weight is 293 g/mol. The topological polar surface area (TPSA) is 67.2 Å². The van der Waals surface area contributed by atoms with Gasteiger partial charge in [0.05, 0.1) is 18.2 Å². The lowest BCUT2D eigenvalue weighted by molar-refractivity contribution is 0.0499. The quantitative estimate of drug-likeness (QED) is 0.465. The molecule has 0 fully saturated rings. The fourth-order valence-corrected chi connectivity index (χ4v) is 2.00. The van der Waals surface area contributed by atoms with Gasteiger partial charge in [0.15, 0.2) is 5.78 Å². The number of nitrogens with zero attached hydrogens (tertiary/aromatic N) is 1. The molecule has 4 nitrogen and oxygen atoms in total. The molecule has 0 heterocycles. The first-order chi connectivity index (χ1) is 10.7. The van der Waals surface area contributed by atoms with E-state index in [1.54, 1.807) is 48.5 Å². The summed E-state index contributed by atoms with van der Waals surface area (Å²) in [7, 11) is 0. The van der Waals surface area contributed by atoms with Crippen molar-refractivity contribution in [2.24, 2.45) is 0 Å². The van der Waals surface area contributed by atoms with Gasteiger partial charge in [-0.15, -0.1) is 0 Å². The van der Waals surface area contributed by atoms with Crippen molar-refractivity contribution in [3.05, 3.63) is 71.3 Å². The van der Waals surface area contributed by atoms with Crippen LogP contribution in [0.25, 0.3) is 0 Å². The normalized spacial score (nSPS) is 9.77. The van der Waals surface area contributed by atoms with Crippen molar-refractivity contribution in [3.63, 3.8) is 0 Å². The summed E-state index contributed by atoms with van der Waals surface area (Å²) in [5.74, 6) is -0.761. The molecule has 0 unspecified atom stereocenters. The zero-order valence-corrected chi connectivity index (χ0v) is 12.0. The molecule has 0 N–H and O–H groups in total. The van der Waals surface area contributed by atoms with E-state index < -0.39 is 5.97 Å². The van der Waals surface area contributed by atoms with Crippen molar-refractivity contribution in [1.29, 1.82) is 5.26 Å². The minimum atomic E-state index is -0.544. The van der Waals surface area contributed by atoms with Gasteiger partial charge in [-0.1, -0.05) is 48.5 Å². The van der Waals surface area contributed by atoms with Crippen LogP contribution in [0.3, 0.4) is 0 Å². The van der Waals surface area contributed by atoms with E-state index in [1.165, 1.54) is 0 Å². The molecular formula is C18H15NO3. The first-order valence-corrected chi connectivity index (χ1v) is 6.97. The number of hydrogen-bond donors (Lipinski definition) is 0. The number of unbranched alkanes of at least 4 members (excludes halogenated alkanes) is 1. The summed E-state index contributed by atoms with van der Waals surface area (Å²) >= 11 is 0. The van der Waals surface area contributed by atoms with Crippen molar-refractivity contribution in [2.75, 3.05) is 6.61 Å². The molecule has 0 aromatic heterocycles. The summed E-state index contributed by atoms with van der Waals surface area (Å²) in [6.45, 7) is 0.167. The lowest BCUT2D eigenvalue weighted by atomic mass is 9.98. The van der Waals surface area contributed by atoms with Crippen LogP contribution in [0.5, 0.6) is 0 Å². The summed E-state index contributed by atoms with van der Waals surface area (Å²) in [5, 5.41) is 8.46. The molecule has 0 aliphatic rings. The highest BCUT2D eigenvalue weighted by molar-refractivity contribution is 6.14. The van der Waals surface area contributed by atoms with Gasteiger partial charge in [0.1, 0.15) is 0 Å². The number of ketones is 1. The van der Waals surface area contributed by atoms with Gasteiger partial charge in [-0.25, -0.2) is 4.79 Å². The second kappa shape index (κ2) is 7.75. The Morgan fingerprint density at radius 3 is 2.27 bits per heavy atom. The molecule has 110 valence electrons. The smallest absolute Gasteiger partial charge is 0.338 e. The highest BCUT2D eigenvalue weighted by Gasteiger charge is 2.18. The van der Waals surface area contributed by atoms with E-state index in [9.17, 15) is 9.59 Å². The molecule has 0 aliphatic carbocycles. The maximum atomic E-state index is 12.5. The lowest BCUT2D eigenvalue weighted by Crippen LogP contribution is -2.13. The molecule has 0 radical (unpaired) electrons. The van der Waals surface area contributed by atoms with Gasteiger partial charge < -0.3 is 4.74 Å². The minimum absolute atomic E-state index is 0.167. The Kier molecular flexibility index (Phi) is 5.44. The molecule has 4 heteroatoms. The Morgan fingerprint density at radius 2 is 1.59 bits per heavy atom. The van der Waals surface area contributed by atoms with E-state index >= 15 is 0 Å². The molecule has 2 rings (SSSR count). The zero-order chi connectivity index (χ0) is 15.8. The van der Waals surface area contributed by atoms with Crippen LogP contribution in [0.1, 0.15) is 39.1 Å². The monoisotopic (exact) mass is 293 g/mol. The minimum Gasteiger partial charge on any atom is -0.462 e. The molecule has 0 saturated carbocycles. The number of carbonyl (C=O) groups is 2. The predicted molar refractivity (Wildman–Crippen MR) is 81.4 cm³/mol. The number of rotatable bonds is 6. The molecule has 0 amide bonds. The zero-order valence-electron chi connectivity index (χ0n) is 12.0. The highest BCUT2D eigenvalue weighted by Crippen LogP contribution is 2.16. The molecular weight excluding hydrogens is 278 g/mol. The lowest BCUT2D eigenvalue weighted by Gasteiger charge is -2.08. The Hall–Kier alpha value is -2.93. The molecule has 0 aliphatic heterocycles. The van der Waals surface area contributed by atoms with Crippen molar-refractivity contribution in [3.8, 4) is 6.07 Å². The standard InChI is InChI=1S/C18H15NO3/c19-12-6-7-13-22-18(21)16-11-5-4-10-15(16)17(20)14-8-2-1-3-9-14/h1-5,8-11H,6-7,13H2. The maximum Gasteiger partial charge on any atom is 0.338 e. The molecule has 0 spiro atoms. The van der Waals surface area contributed by atoms with Crippen LogP contribution < -0.4 is 0 Å². The number of carbonyl (C=O) groups excluding carboxylic acids is 2. The van der Waals surface area contributed by atoms with E-state index in [4.69, 9.17) is 10.00 Å². The molecule has 0 atom stereocenters. The van der Waals surface area contributed by atoms with E-state index in [0.29, 0.717) is 24.0 Å². The number of esters is 1. The third kappa shape index (κ3) is 3.80. The van der Waals surface area contributed by atoms with Gasteiger partial charge in [-0.3, -0.25) is 4.79 Å². The van der Waals surface area contributed by atoms with Crippen LogP contribution in [0, 0.1) is 11.3 Å². The Balaban J connectivity index is 2.18. The summed E-state index contributed by atoms with van der Waals surface area (Å²) in [5.41, 5.74) is 1.08. The predicted octanol–water partition coefficient (Wildman–Crippen LogP) is 3.38. The van der Waals surface area contributed by atoms with Crippen molar-refractivity contribution in [2.45, 2.75) is 12.8 Å². The molecule has 2 aromatic rings. The number of ether oxygens (including phenoxy) is 1. The van der Waals surface area contributed by atoms with E-state index in [1.807, 2.05) is 12.1 Å². The third-order valence-corrected chi connectivity index (χ3v) is 3.09. The van der Waals surface area contributed by atoms with Crippen LogP contribution in [0.4, 0.5) is 0 Å². The van der Waals surface area contributed by atoms with E-state index in [2.05, 4.69) is 0 Å². The largest absolute Gasteiger partial charge is 0.462 e. The van der Waals surface area contributed by atoms with Gasteiger partial charge in [0, 0.05) is 17.5 Å². The van der Waals surface area contributed by atoms with Crippen molar-refractivity contribution < 1.29 is 14.3 Å². The molecule has 0 bridgehead atoms. The Morgan fingerprint density at radius 1 is 0.955 bits per heavy atom. The fraction of sp³-hybridized carbons (Fsp3) is 0.167. The molecule has 22 heavy (non-hydrogen) atoms. The summed E-state index contributed by atoms with van der Waals surface area (Å²) in [6, 6.07) is 17.4.